The molecule has 0 saturated heterocycles. The van der Waals surface area contributed by atoms with Gasteiger partial charge in [0.05, 0.1) is 46.1 Å². The van der Waals surface area contributed by atoms with E-state index in [9.17, 15) is 25.3 Å². The summed E-state index contributed by atoms with van der Waals surface area (Å²) in [5, 5.41) is 40.3. The summed E-state index contributed by atoms with van der Waals surface area (Å²) in [7, 11) is 0. The maximum absolute atomic E-state index is 11.0. The van der Waals surface area contributed by atoms with Gasteiger partial charge in [0, 0.05) is 51.7 Å². The summed E-state index contributed by atoms with van der Waals surface area (Å²) in [5.41, 5.74) is 13.6. The number of nitrogens with one attached hydrogen (secondary N) is 1. The number of halogens is 1. The van der Waals surface area contributed by atoms with Crippen molar-refractivity contribution in [2.45, 2.75) is 31.5 Å². The van der Waals surface area contributed by atoms with Crippen LogP contribution in [0, 0.1) is 20.2 Å². The number of hydrogen-bond acceptors (Lipinski definition) is 13. The second-order valence-electron chi connectivity index (χ2n) is 13.3. The number of benzene rings is 5. The van der Waals surface area contributed by atoms with Crippen LogP contribution in [0.2, 0.25) is 0 Å². The first-order valence-corrected chi connectivity index (χ1v) is 20.1. The normalized spacial score (nSPS) is 11.7. The number of oxazole rings is 1. The molecule has 0 spiro atoms. The Bertz CT molecular complexity index is 2620. The molecule has 8 rings (SSSR count). The minimum Gasteiger partial charge on any atom is -0.424 e. The van der Waals surface area contributed by atoms with Crippen molar-refractivity contribution >= 4 is 57.0 Å². The Balaban J connectivity index is 0.000000218. The van der Waals surface area contributed by atoms with E-state index >= 15 is 0 Å². The summed E-state index contributed by atoms with van der Waals surface area (Å²) in [6.07, 6.45) is 2.75. The van der Waals surface area contributed by atoms with Gasteiger partial charge in [-0.25, -0.2) is 15.0 Å². The lowest BCUT2D eigenvalue weighted by Gasteiger charge is -2.16. The van der Waals surface area contributed by atoms with Crippen molar-refractivity contribution in [3.05, 3.63) is 199 Å². The highest BCUT2D eigenvalue weighted by atomic mass is 79.9. The van der Waals surface area contributed by atoms with E-state index in [1.54, 1.807) is 53.1 Å². The predicted molar refractivity (Wildman–Crippen MR) is 240 cm³/mol. The standard InChI is InChI=1S/C27H22N4O4S.C17H15N3O2S.BrH/c32-16-19-5-4-8-21(13-19)25-15-28-27(35-25)30-23(14-18-9-11-22(12-10-18)31(33)34)24-17-36-26(29-24)20-6-2-1-3-7-20;18-15(10-12-6-8-14(9-7-12)20(21)22)16-11-23-17(19-16)13-4-2-1-3-5-13;/h1-13,15,17,23,32H,14,16H2,(H,28,30);1-9,11,15H,10,18H2;1H/t23-;15-;/m00./s1. The highest BCUT2D eigenvalue weighted by Gasteiger charge is 2.20. The predicted octanol–water partition coefficient (Wildman–Crippen LogP) is 10.8. The van der Waals surface area contributed by atoms with Gasteiger partial charge in [-0.1, -0.05) is 103 Å². The van der Waals surface area contributed by atoms with Crippen LogP contribution in [0.1, 0.15) is 40.2 Å². The van der Waals surface area contributed by atoms with Crippen LogP contribution in [0.5, 0.6) is 0 Å². The average molecular weight is 905 g/mol. The van der Waals surface area contributed by atoms with E-state index in [0.717, 1.165) is 54.8 Å². The number of nitrogens with two attached hydrogens (primary N) is 1. The summed E-state index contributed by atoms with van der Waals surface area (Å²) in [6, 6.07) is 40.1. The molecule has 60 heavy (non-hydrogen) atoms. The number of aliphatic hydroxyl groups excluding tert-OH is 1. The molecule has 0 unspecified atom stereocenters. The quantitative estimate of drug-likeness (QED) is 0.0693. The van der Waals surface area contributed by atoms with E-state index in [-0.39, 0.29) is 47.0 Å². The number of nitro benzene ring substituents is 2. The van der Waals surface area contributed by atoms with Crippen molar-refractivity contribution in [3.63, 3.8) is 0 Å². The lowest BCUT2D eigenvalue weighted by atomic mass is 10.0. The van der Waals surface area contributed by atoms with Gasteiger partial charge < -0.3 is 20.6 Å². The number of nitro groups is 2. The van der Waals surface area contributed by atoms with E-state index in [2.05, 4.69) is 15.3 Å². The molecule has 0 aliphatic rings. The number of anilines is 1. The largest absolute Gasteiger partial charge is 0.424 e. The second-order valence-corrected chi connectivity index (χ2v) is 15.1. The van der Waals surface area contributed by atoms with Gasteiger partial charge >= 0.3 is 0 Å². The number of non-ortho nitro benzene ring substituents is 2. The second kappa shape index (κ2) is 20.5. The summed E-state index contributed by atoms with van der Waals surface area (Å²) in [4.78, 5) is 34.8. The molecule has 0 radical (unpaired) electrons. The lowest BCUT2D eigenvalue weighted by molar-refractivity contribution is -0.385. The molecule has 2 atom stereocenters. The van der Waals surface area contributed by atoms with Crippen molar-refractivity contribution < 1.29 is 19.4 Å². The molecule has 3 heterocycles. The molecule has 3 aromatic heterocycles. The van der Waals surface area contributed by atoms with Crippen LogP contribution in [-0.4, -0.2) is 29.9 Å². The first-order chi connectivity index (χ1) is 28.7. The van der Waals surface area contributed by atoms with Crippen LogP contribution in [0.4, 0.5) is 17.4 Å². The van der Waals surface area contributed by atoms with E-state index in [4.69, 9.17) is 15.1 Å². The third-order valence-electron chi connectivity index (χ3n) is 9.21. The Kier molecular flexibility index (Phi) is 14.7. The first kappa shape index (κ1) is 43.2. The molecular formula is C44H38BrN7O6S2. The van der Waals surface area contributed by atoms with E-state index in [0.29, 0.717) is 24.6 Å². The number of aliphatic hydroxyl groups is 1. The summed E-state index contributed by atoms with van der Waals surface area (Å²) in [5.74, 6) is 0.574. The average Bonchev–Trinajstić information content (AvgIpc) is 4.08. The van der Waals surface area contributed by atoms with Crippen molar-refractivity contribution in [2.75, 3.05) is 5.32 Å². The van der Waals surface area contributed by atoms with Gasteiger partial charge in [-0.15, -0.1) is 39.7 Å². The Morgan fingerprint density at radius 3 is 1.73 bits per heavy atom. The summed E-state index contributed by atoms with van der Waals surface area (Å²) in [6.45, 7) is -0.0576. The Morgan fingerprint density at radius 1 is 0.667 bits per heavy atom. The third kappa shape index (κ3) is 11.2. The van der Waals surface area contributed by atoms with E-state index < -0.39 is 9.85 Å². The van der Waals surface area contributed by atoms with Gasteiger partial charge in [-0.2, -0.15) is 0 Å². The van der Waals surface area contributed by atoms with Gasteiger partial charge in [0.15, 0.2) is 5.76 Å². The van der Waals surface area contributed by atoms with Crippen molar-refractivity contribution in [1.82, 2.24) is 15.0 Å². The van der Waals surface area contributed by atoms with Crippen LogP contribution in [0.25, 0.3) is 32.5 Å². The Morgan fingerprint density at radius 2 is 1.18 bits per heavy atom. The highest BCUT2D eigenvalue weighted by molar-refractivity contribution is 8.93. The third-order valence-corrected chi connectivity index (χ3v) is 11.0. The Labute approximate surface area is 363 Å². The first-order valence-electron chi connectivity index (χ1n) is 18.4. The number of nitrogens with zero attached hydrogens (tertiary/aromatic N) is 5. The molecule has 13 nitrogen and oxygen atoms in total. The fraction of sp³-hybridized carbons (Fsp3) is 0.114. The van der Waals surface area contributed by atoms with Crippen molar-refractivity contribution in [2.24, 2.45) is 5.73 Å². The smallest absolute Gasteiger partial charge is 0.295 e. The molecule has 8 aromatic rings. The zero-order valence-corrected chi connectivity index (χ0v) is 35.1. The van der Waals surface area contributed by atoms with Crippen LogP contribution >= 0.6 is 39.7 Å². The topological polar surface area (TPSA) is 196 Å². The van der Waals surface area contributed by atoms with Gasteiger partial charge in [-0.3, -0.25) is 20.2 Å². The molecule has 304 valence electrons. The fourth-order valence-electron chi connectivity index (χ4n) is 6.11. The summed E-state index contributed by atoms with van der Waals surface area (Å²) < 4.78 is 5.98. The monoisotopic (exact) mass is 903 g/mol. The molecule has 0 amide bonds. The number of hydrogen-bond donors (Lipinski definition) is 3. The minimum atomic E-state index is -0.411. The van der Waals surface area contributed by atoms with Crippen LogP contribution in [-0.2, 0) is 19.4 Å². The van der Waals surface area contributed by atoms with E-state index in [1.807, 2.05) is 95.7 Å². The number of aromatic nitrogens is 3. The summed E-state index contributed by atoms with van der Waals surface area (Å²) >= 11 is 3.12. The van der Waals surface area contributed by atoms with Gasteiger partial charge in [0.1, 0.15) is 10.0 Å². The molecule has 0 bridgehead atoms. The minimum absolute atomic E-state index is 0. The van der Waals surface area contributed by atoms with Gasteiger partial charge in [-0.05, 0) is 35.6 Å². The number of rotatable bonds is 14. The molecule has 0 saturated carbocycles. The lowest BCUT2D eigenvalue weighted by Crippen LogP contribution is -2.14. The molecule has 5 aromatic carbocycles. The molecule has 4 N–H and O–H groups in total. The maximum Gasteiger partial charge on any atom is 0.295 e. The molecule has 16 heteroatoms. The highest BCUT2D eigenvalue weighted by Crippen LogP contribution is 2.32. The Hall–Kier alpha value is -6.43. The zero-order chi connectivity index (χ0) is 41.1. The van der Waals surface area contributed by atoms with Crippen molar-refractivity contribution in [1.29, 1.82) is 0 Å². The van der Waals surface area contributed by atoms with Crippen LogP contribution < -0.4 is 11.1 Å². The van der Waals surface area contributed by atoms with Crippen LogP contribution in [0.15, 0.2) is 155 Å². The van der Waals surface area contributed by atoms with Crippen LogP contribution in [0.3, 0.4) is 0 Å². The molecule has 0 aliphatic carbocycles. The fourth-order valence-corrected chi connectivity index (χ4v) is 7.88. The van der Waals surface area contributed by atoms with Crippen molar-refractivity contribution in [3.8, 4) is 32.5 Å². The van der Waals surface area contributed by atoms with Gasteiger partial charge in [0.2, 0.25) is 0 Å². The molecular weight excluding hydrogens is 867 g/mol. The van der Waals surface area contributed by atoms with E-state index in [1.165, 1.54) is 24.3 Å². The maximum atomic E-state index is 11.0. The van der Waals surface area contributed by atoms with Gasteiger partial charge in [0.25, 0.3) is 17.4 Å². The molecule has 0 aliphatic heterocycles. The zero-order valence-electron chi connectivity index (χ0n) is 31.7. The number of thiazole rings is 2. The SMILES string of the molecule is Br.N[C@@H](Cc1ccc([N+](=O)[O-])cc1)c1csc(-c2ccccc2)n1.O=[N+]([O-])c1ccc(C[C@H](Nc2ncc(-c3cccc(CO)c3)o2)c2csc(-c3ccccc3)n2)cc1. The molecule has 0 fully saturated rings.